The summed E-state index contributed by atoms with van der Waals surface area (Å²) in [6, 6.07) is 6.99. The highest BCUT2D eigenvalue weighted by Crippen LogP contribution is 2.35. The van der Waals surface area contributed by atoms with Gasteiger partial charge in [0, 0.05) is 23.5 Å². The Morgan fingerprint density at radius 2 is 1.86 bits per heavy atom. The van der Waals surface area contributed by atoms with Crippen molar-refractivity contribution >= 4 is 17.5 Å². The maximum Gasteiger partial charge on any atom is 0.0431 e. The molecule has 0 aromatic heterocycles. The number of allylic oxidation sites excluding steroid dienone is 6. The van der Waals surface area contributed by atoms with Crippen molar-refractivity contribution in [3.05, 3.63) is 70.9 Å². The Hall–Kier alpha value is -2.35. The first-order valence-corrected chi connectivity index (χ1v) is 10.6. The molecule has 0 heterocycles. The highest BCUT2D eigenvalue weighted by atomic mass is 14.9. The van der Waals surface area contributed by atoms with Gasteiger partial charge in [-0.15, -0.1) is 0 Å². The molecule has 0 bridgehead atoms. The van der Waals surface area contributed by atoms with Crippen molar-refractivity contribution in [1.29, 1.82) is 5.41 Å². The number of rotatable bonds is 8. The summed E-state index contributed by atoms with van der Waals surface area (Å²) >= 11 is 0. The van der Waals surface area contributed by atoms with Crippen molar-refractivity contribution < 1.29 is 0 Å². The molecule has 2 heteroatoms. The van der Waals surface area contributed by atoms with Gasteiger partial charge >= 0.3 is 0 Å². The summed E-state index contributed by atoms with van der Waals surface area (Å²) in [5.74, 6) is 0. The van der Waals surface area contributed by atoms with Crippen molar-refractivity contribution in [2.24, 2.45) is 0 Å². The van der Waals surface area contributed by atoms with E-state index in [1.165, 1.54) is 55.0 Å². The zero-order chi connectivity index (χ0) is 20.7. The Labute approximate surface area is 171 Å². The third-order valence-corrected chi connectivity index (χ3v) is 5.82. The van der Waals surface area contributed by atoms with Crippen LogP contribution in [0.4, 0.5) is 5.69 Å². The molecule has 2 N–H and O–H groups in total. The highest BCUT2D eigenvalue weighted by Gasteiger charge is 2.17. The number of nitrogens with one attached hydrogen (secondary N) is 2. The van der Waals surface area contributed by atoms with Crippen molar-refractivity contribution in [3.63, 3.8) is 0 Å². The molecule has 0 atom stereocenters. The molecule has 2 rings (SSSR count). The molecule has 0 radical (unpaired) electrons. The first-order valence-electron chi connectivity index (χ1n) is 10.6. The molecule has 0 amide bonds. The quantitative estimate of drug-likeness (QED) is 0.354. The largest absolute Gasteiger partial charge is 0.382 e. The SMILES string of the molecule is C=C(C)C(=C)/C(CC)=C(\C(C)=C\C)c1ccc(NC2CCCCC2)c(C=N)c1. The second kappa shape index (κ2) is 10.3. The van der Waals surface area contributed by atoms with Gasteiger partial charge in [-0.3, -0.25) is 0 Å². The van der Waals surface area contributed by atoms with Gasteiger partial charge in [0.15, 0.2) is 0 Å². The summed E-state index contributed by atoms with van der Waals surface area (Å²) in [7, 11) is 0. The monoisotopic (exact) mass is 376 g/mol. The van der Waals surface area contributed by atoms with Gasteiger partial charge in [0.2, 0.25) is 0 Å². The van der Waals surface area contributed by atoms with Crippen molar-refractivity contribution in [3.8, 4) is 0 Å². The molecule has 0 saturated heterocycles. The van der Waals surface area contributed by atoms with Crippen molar-refractivity contribution in [1.82, 2.24) is 0 Å². The Morgan fingerprint density at radius 3 is 2.39 bits per heavy atom. The van der Waals surface area contributed by atoms with Crippen LogP contribution in [0.2, 0.25) is 0 Å². The lowest BCUT2D eigenvalue weighted by molar-refractivity contribution is 0.462. The van der Waals surface area contributed by atoms with E-state index in [0.29, 0.717) is 6.04 Å². The van der Waals surface area contributed by atoms with E-state index >= 15 is 0 Å². The van der Waals surface area contributed by atoms with Gasteiger partial charge in [-0.25, -0.2) is 0 Å². The fourth-order valence-corrected chi connectivity index (χ4v) is 4.02. The van der Waals surface area contributed by atoms with Crippen LogP contribution in [-0.4, -0.2) is 12.3 Å². The van der Waals surface area contributed by atoms with Gasteiger partial charge in [0.1, 0.15) is 0 Å². The standard InChI is InChI=1S/C26H36N2/c1-7-19(5)26(24(8-2)20(6)18(3)4)21-14-15-25(22(16-21)17-27)28-23-12-10-9-11-13-23/h7,14-17,23,27-28H,3,6,8-13H2,1-2,4-5H3/b19-7+,26-24+,27-17?. The normalized spacial score (nSPS) is 16.4. The average Bonchev–Trinajstić information content (AvgIpc) is 2.72. The van der Waals surface area contributed by atoms with E-state index in [4.69, 9.17) is 5.41 Å². The Balaban J connectivity index is 2.51. The minimum atomic E-state index is 0.528. The topological polar surface area (TPSA) is 35.9 Å². The first kappa shape index (κ1) is 21.9. The summed E-state index contributed by atoms with van der Waals surface area (Å²) in [5.41, 5.74) is 8.84. The second-order valence-electron chi connectivity index (χ2n) is 7.86. The maximum atomic E-state index is 7.97. The van der Waals surface area contributed by atoms with E-state index in [-0.39, 0.29) is 0 Å². The van der Waals surface area contributed by atoms with Gasteiger partial charge < -0.3 is 10.7 Å². The van der Waals surface area contributed by atoms with Crippen LogP contribution in [0.3, 0.4) is 0 Å². The summed E-state index contributed by atoms with van der Waals surface area (Å²) in [4.78, 5) is 0. The van der Waals surface area contributed by atoms with Crippen LogP contribution in [-0.2, 0) is 0 Å². The van der Waals surface area contributed by atoms with Gasteiger partial charge in [0.25, 0.3) is 0 Å². The molecule has 1 aromatic rings. The van der Waals surface area contributed by atoms with E-state index in [1.807, 2.05) is 6.92 Å². The van der Waals surface area contributed by atoms with Crippen LogP contribution in [0, 0.1) is 5.41 Å². The fraction of sp³-hybridized carbons (Fsp3) is 0.423. The third kappa shape index (κ3) is 5.13. The van der Waals surface area contributed by atoms with Crippen molar-refractivity contribution in [2.75, 3.05) is 5.32 Å². The number of benzene rings is 1. The maximum absolute atomic E-state index is 7.97. The zero-order valence-electron chi connectivity index (χ0n) is 18.1. The summed E-state index contributed by atoms with van der Waals surface area (Å²) < 4.78 is 0. The molecule has 0 spiro atoms. The van der Waals surface area contributed by atoms with Crippen LogP contribution in [0.5, 0.6) is 0 Å². The summed E-state index contributed by atoms with van der Waals surface area (Å²) in [5, 5.41) is 11.6. The molecule has 0 unspecified atom stereocenters. The number of anilines is 1. The molecule has 28 heavy (non-hydrogen) atoms. The zero-order valence-corrected chi connectivity index (χ0v) is 18.1. The van der Waals surface area contributed by atoms with Gasteiger partial charge in [-0.2, -0.15) is 0 Å². The predicted molar refractivity (Wildman–Crippen MR) is 125 cm³/mol. The van der Waals surface area contributed by atoms with Crippen molar-refractivity contribution in [2.45, 2.75) is 72.3 Å². The lowest BCUT2D eigenvalue weighted by Crippen LogP contribution is -2.22. The van der Waals surface area contributed by atoms with Crippen LogP contribution < -0.4 is 5.32 Å². The predicted octanol–water partition coefficient (Wildman–Crippen LogP) is 7.69. The minimum absolute atomic E-state index is 0.528. The minimum Gasteiger partial charge on any atom is -0.382 e. The molecule has 150 valence electrons. The molecule has 0 aliphatic heterocycles. The van der Waals surface area contributed by atoms with E-state index in [0.717, 1.165) is 34.4 Å². The summed E-state index contributed by atoms with van der Waals surface area (Å²) in [6.45, 7) is 16.8. The lowest BCUT2D eigenvalue weighted by atomic mass is 9.86. The molecule has 1 saturated carbocycles. The van der Waals surface area contributed by atoms with Crippen LogP contribution >= 0.6 is 0 Å². The number of hydrogen-bond donors (Lipinski definition) is 2. The van der Waals surface area contributed by atoms with E-state index in [2.05, 4.69) is 63.5 Å². The van der Waals surface area contributed by atoms with Crippen LogP contribution in [0.25, 0.3) is 5.57 Å². The molecule has 1 fully saturated rings. The highest BCUT2D eigenvalue weighted by molar-refractivity contribution is 5.91. The average molecular weight is 377 g/mol. The second-order valence-corrected chi connectivity index (χ2v) is 7.86. The first-order chi connectivity index (χ1) is 13.4. The Morgan fingerprint density at radius 1 is 1.18 bits per heavy atom. The van der Waals surface area contributed by atoms with Gasteiger partial charge in [-0.05, 0) is 80.0 Å². The van der Waals surface area contributed by atoms with Gasteiger partial charge in [-0.1, -0.05) is 57.1 Å². The summed E-state index contributed by atoms with van der Waals surface area (Å²) in [6.07, 6.45) is 10.9. The molecular formula is C26H36N2. The molecule has 1 aliphatic carbocycles. The van der Waals surface area contributed by atoms with E-state index in [9.17, 15) is 0 Å². The Bertz CT molecular complexity index is 802. The number of hydrogen-bond acceptors (Lipinski definition) is 2. The lowest BCUT2D eigenvalue weighted by Gasteiger charge is -2.25. The Kier molecular flexibility index (Phi) is 8.04. The molecule has 2 nitrogen and oxygen atoms in total. The van der Waals surface area contributed by atoms with E-state index < -0.39 is 0 Å². The van der Waals surface area contributed by atoms with E-state index in [1.54, 1.807) is 0 Å². The molecule has 1 aromatic carbocycles. The van der Waals surface area contributed by atoms with Gasteiger partial charge in [0.05, 0.1) is 0 Å². The molecule has 1 aliphatic rings. The smallest absolute Gasteiger partial charge is 0.0431 e. The third-order valence-electron chi connectivity index (χ3n) is 5.82. The molecular weight excluding hydrogens is 340 g/mol. The van der Waals surface area contributed by atoms with Crippen LogP contribution in [0.15, 0.2) is 59.7 Å². The fourth-order valence-electron chi connectivity index (χ4n) is 4.02. The van der Waals surface area contributed by atoms with Crippen LogP contribution in [0.1, 0.15) is 77.3 Å².